The first-order chi connectivity index (χ1) is 9.24. The molecule has 2 nitrogen and oxygen atoms in total. The van der Waals surface area contributed by atoms with Crippen LogP contribution in [-0.2, 0) is 13.0 Å². The van der Waals surface area contributed by atoms with Crippen LogP contribution in [-0.4, -0.2) is 5.11 Å². The van der Waals surface area contributed by atoms with Gasteiger partial charge in [-0.15, -0.1) is 0 Å². The lowest BCUT2D eigenvalue weighted by Gasteiger charge is -2.11. The minimum absolute atomic E-state index is 0.328. The number of halogens is 1. The summed E-state index contributed by atoms with van der Waals surface area (Å²) in [6, 6.07) is 14.0. The number of hydrogen-bond acceptors (Lipinski definition) is 2. The molecule has 0 heterocycles. The first-order valence-electron chi connectivity index (χ1n) is 6.41. The third-order valence-electron chi connectivity index (χ3n) is 3.50. The maximum Gasteiger partial charge on any atom is 0.123 e. The molecule has 3 heteroatoms. The highest BCUT2D eigenvalue weighted by atomic mass is 79.9. The van der Waals surface area contributed by atoms with Crippen molar-refractivity contribution in [3.63, 3.8) is 0 Å². The fourth-order valence-electron chi connectivity index (χ4n) is 2.48. The van der Waals surface area contributed by atoms with Crippen LogP contribution >= 0.6 is 15.9 Å². The minimum atomic E-state index is -0.328. The summed E-state index contributed by atoms with van der Waals surface area (Å²) in [6.07, 6.45) is 1.37. The van der Waals surface area contributed by atoms with Gasteiger partial charge in [-0.3, -0.25) is 0 Å². The molecule has 0 saturated carbocycles. The average Bonchev–Trinajstić information content (AvgIpc) is 2.81. The van der Waals surface area contributed by atoms with Crippen LogP contribution in [0.15, 0.2) is 46.9 Å². The predicted octanol–water partition coefficient (Wildman–Crippen LogP) is 4.01. The van der Waals surface area contributed by atoms with E-state index in [4.69, 9.17) is 4.74 Å². The highest BCUT2D eigenvalue weighted by molar-refractivity contribution is 9.10. The molecule has 1 aliphatic carbocycles. The zero-order valence-electron chi connectivity index (χ0n) is 10.5. The lowest BCUT2D eigenvalue weighted by atomic mass is 10.1. The molecule has 0 fully saturated rings. The lowest BCUT2D eigenvalue weighted by molar-refractivity contribution is 0.180. The molecule has 3 rings (SSSR count). The number of rotatable bonds is 3. The van der Waals surface area contributed by atoms with Crippen molar-refractivity contribution in [3.8, 4) is 5.75 Å². The van der Waals surface area contributed by atoms with E-state index in [0.29, 0.717) is 6.61 Å². The predicted molar refractivity (Wildman–Crippen MR) is 78.2 cm³/mol. The van der Waals surface area contributed by atoms with Gasteiger partial charge < -0.3 is 9.84 Å². The number of benzene rings is 2. The van der Waals surface area contributed by atoms with Gasteiger partial charge in [0.25, 0.3) is 0 Å². The van der Waals surface area contributed by atoms with Crippen molar-refractivity contribution in [3.05, 3.63) is 63.6 Å². The van der Waals surface area contributed by atoms with Crippen LogP contribution in [0.2, 0.25) is 0 Å². The maximum absolute atomic E-state index is 9.86. The summed E-state index contributed by atoms with van der Waals surface area (Å²) in [6.45, 7) is 0.555. The minimum Gasteiger partial charge on any atom is -0.489 e. The van der Waals surface area contributed by atoms with Crippen LogP contribution in [0.1, 0.15) is 29.2 Å². The smallest absolute Gasteiger partial charge is 0.123 e. The molecule has 2 aromatic carbocycles. The topological polar surface area (TPSA) is 29.5 Å². The van der Waals surface area contributed by atoms with Gasteiger partial charge in [0.2, 0.25) is 0 Å². The normalized spacial score (nSPS) is 17.3. The molecule has 98 valence electrons. The molecule has 1 N–H and O–H groups in total. The SMILES string of the molecule is OC1CCc2c(OCc3ccc(Br)cc3)cccc21. The van der Waals surface area contributed by atoms with E-state index in [2.05, 4.69) is 15.9 Å². The Morgan fingerprint density at radius 1 is 1.16 bits per heavy atom. The van der Waals surface area contributed by atoms with Crippen LogP contribution in [0.5, 0.6) is 5.75 Å². The van der Waals surface area contributed by atoms with Crippen LogP contribution in [0.3, 0.4) is 0 Å². The number of fused-ring (bicyclic) bond motifs is 1. The Morgan fingerprint density at radius 2 is 1.95 bits per heavy atom. The summed E-state index contributed by atoms with van der Waals surface area (Å²) in [7, 11) is 0. The third kappa shape index (κ3) is 2.67. The third-order valence-corrected chi connectivity index (χ3v) is 4.03. The van der Waals surface area contributed by atoms with Crippen molar-refractivity contribution in [2.24, 2.45) is 0 Å². The Labute approximate surface area is 121 Å². The van der Waals surface area contributed by atoms with E-state index in [0.717, 1.165) is 39.8 Å². The van der Waals surface area contributed by atoms with Crippen molar-refractivity contribution >= 4 is 15.9 Å². The van der Waals surface area contributed by atoms with Gasteiger partial charge in [0, 0.05) is 10.0 Å². The molecular weight excluding hydrogens is 304 g/mol. The van der Waals surface area contributed by atoms with Crippen molar-refractivity contribution in [2.75, 3.05) is 0 Å². The van der Waals surface area contributed by atoms with Crippen LogP contribution < -0.4 is 4.74 Å². The summed E-state index contributed by atoms with van der Waals surface area (Å²) < 4.78 is 6.97. The van der Waals surface area contributed by atoms with Crippen molar-refractivity contribution in [1.82, 2.24) is 0 Å². The number of aliphatic hydroxyl groups excluding tert-OH is 1. The second-order valence-corrected chi connectivity index (χ2v) is 5.71. The zero-order valence-corrected chi connectivity index (χ0v) is 12.1. The van der Waals surface area contributed by atoms with Crippen LogP contribution in [0.25, 0.3) is 0 Å². The quantitative estimate of drug-likeness (QED) is 0.926. The Hall–Kier alpha value is -1.32. The van der Waals surface area contributed by atoms with Crippen molar-refractivity contribution in [2.45, 2.75) is 25.6 Å². The summed E-state index contributed by atoms with van der Waals surface area (Å²) in [5.74, 6) is 0.900. The second-order valence-electron chi connectivity index (χ2n) is 4.79. The highest BCUT2D eigenvalue weighted by Crippen LogP contribution is 2.36. The van der Waals surface area contributed by atoms with E-state index in [1.165, 1.54) is 0 Å². The first kappa shape index (κ1) is 12.7. The zero-order chi connectivity index (χ0) is 13.2. The first-order valence-corrected chi connectivity index (χ1v) is 7.20. The molecule has 1 unspecified atom stereocenters. The Balaban J connectivity index is 1.76. The molecule has 1 atom stereocenters. The van der Waals surface area contributed by atoms with E-state index in [9.17, 15) is 5.11 Å². The van der Waals surface area contributed by atoms with Gasteiger partial charge in [-0.05, 0) is 42.2 Å². The maximum atomic E-state index is 9.86. The number of ether oxygens (including phenoxy) is 1. The van der Waals surface area contributed by atoms with Crippen molar-refractivity contribution < 1.29 is 9.84 Å². The molecular formula is C16H15BrO2. The number of aliphatic hydroxyl groups is 1. The summed E-state index contributed by atoms with van der Waals surface area (Å²) >= 11 is 3.42. The van der Waals surface area contributed by atoms with Gasteiger partial charge in [0.15, 0.2) is 0 Å². The highest BCUT2D eigenvalue weighted by Gasteiger charge is 2.23. The molecule has 2 aromatic rings. The van der Waals surface area contributed by atoms with Gasteiger partial charge in [0.1, 0.15) is 12.4 Å². The Bertz CT molecular complexity index is 578. The molecule has 1 aliphatic rings. The van der Waals surface area contributed by atoms with Gasteiger partial charge in [0.05, 0.1) is 6.10 Å². The molecule has 19 heavy (non-hydrogen) atoms. The van der Waals surface area contributed by atoms with Gasteiger partial charge in [-0.25, -0.2) is 0 Å². The molecule has 0 aromatic heterocycles. The molecule has 0 spiro atoms. The Kier molecular flexibility index (Phi) is 3.58. The number of hydrogen-bond donors (Lipinski definition) is 1. The summed E-state index contributed by atoms with van der Waals surface area (Å²) in [4.78, 5) is 0. The second kappa shape index (κ2) is 5.35. The van der Waals surface area contributed by atoms with E-state index in [1.807, 2.05) is 42.5 Å². The van der Waals surface area contributed by atoms with Crippen LogP contribution in [0, 0.1) is 0 Å². The Morgan fingerprint density at radius 3 is 2.74 bits per heavy atom. The monoisotopic (exact) mass is 318 g/mol. The summed E-state index contributed by atoms with van der Waals surface area (Å²) in [5, 5.41) is 9.86. The van der Waals surface area contributed by atoms with Crippen LogP contribution in [0.4, 0.5) is 0 Å². The molecule has 0 amide bonds. The molecule has 0 aliphatic heterocycles. The van der Waals surface area contributed by atoms with E-state index < -0.39 is 0 Å². The fourth-order valence-corrected chi connectivity index (χ4v) is 2.74. The largest absolute Gasteiger partial charge is 0.489 e. The van der Waals surface area contributed by atoms with E-state index in [1.54, 1.807) is 0 Å². The molecule has 0 radical (unpaired) electrons. The summed E-state index contributed by atoms with van der Waals surface area (Å²) in [5.41, 5.74) is 3.32. The standard InChI is InChI=1S/C16H15BrO2/c17-12-6-4-11(5-7-12)10-19-16-3-1-2-13-14(16)8-9-15(13)18/h1-7,15,18H,8-10H2. The van der Waals surface area contributed by atoms with Crippen molar-refractivity contribution in [1.29, 1.82) is 0 Å². The van der Waals surface area contributed by atoms with E-state index >= 15 is 0 Å². The average molecular weight is 319 g/mol. The fraction of sp³-hybridized carbons (Fsp3) is 0.250. The molecule has 0 saturated heterocycles. The van der Waals surface area contributed by atoms with E-state index in [-0.39, 0.29) is 6.10 Å². The molecule has 0 bridgehead atoms. The van der Waals surface area contributed by atoms with Gasteiger partial charge >= 0.3 is 0 Å². The van der Waals surface area contributed by atoms with Gasteiger partial charge in [-0.1, -0.05) is 40.2 Å². The lowest BCUT2D eigenvalue weighted by Crippen LogP contribution is -1.98. The van der Waals surface area contributed by atoms with Gasteiger partial charge in [-0.2, -0.15) is 0 Å².